The van der Waals surface area contributed by atoms with Gasteiger partial charge >= 0.3 is 0 Å². The van der Waals surface area contributed by atoms with Gasteiger partial charge < -0.3 is 4.74 Å². The topological polar surface area (TPSA) is 9.23 Å². The standard InChI is InChI=1S/C15H18O/c1-15(2,3)13-7-5-11-6-8-14(16-4)10-12(11)9-13/h5-10H,1-4H3. The van der Waals surface area contributed by atoms with Crippen LogP contribution in [0.3, 0.4) is 0 Å². The Morgan fingerprint density at radius 2 is 1.56 bits per heavy atom. The average Bonchev–Trinajstić information content (AvgIpc) is 2.26. The van der Waals surface area contributed by atoms with Gasteiger partial charge in [0.15, 0.2) is 0 Å². The van der Waals surface area contributed by atoms with E-state index in [4.69, 9.17) is 4.74 Å². The molecular weight excluding hydrogens is 196 g/mol. The minimum atomic E-state index is 0.192. The molecule has 0 fully saturated rings. The van der Waals surface area contributed by atoms with Crippen LogP contribution in [0, 0.1) is 0 Å². The highest BCUT2D eigenvalue weighted by Gasteiger charge is 2.13. The zero-order chi connectivity index (χ0) is 11.8. The van der Waals surface area contributed by atoms with Gasteiger partial charge in [0, 0.05) is 0 Å². The molecule has 0 N–H and O–H groups in total. The predicted molar refractivity (Wildman–Crippen MR) is 69.2 cm³/mol. The molecule has 2 aromatic rings. The van der Waals surface area contributed by atoms with Crippen molar-refractivity contribution in [1.82, 2.24) is 0 Å². The molecule has 0 aliphatic carbocycles. The van der Waals surface area contributed by atoms with Crippen molar-refractivity contribution >= 4 is 10.8 Å². The highest BCUT2D eigenvalue weighted by Crippen LogP contribution is 2.27. The molecule has 0 radical (unpaired) electrons. The first-order chi connectivity index (χ1) is 7.50. The van der Waals surface area contributed by atoms with Gasteiger partial charge in [-0.3, -0.25) is 0 Å². The van der Waals surface area contributed by atoms with E-state index in [0.29, 0.717) is 0 Å². The van der Waals surface area contributed by atoms with Crippen LogP contribution in [0.5, 0.6) is 5.75 Å². The Morgan fingerprint density at radius 3 is 2.19 bits per heavy atom. The van der Waals surface area contributed by atoms with Crippen molar-refractivity contribution in [2.45, 2.75) is 26.2 Å². The zero-order valence-electron chi connectivity index (χ0n) is 10.4. The Kier molecular flexibility index (Phi) is 2.63. The van der Waals surface area contributed by atoms with E-state index in [2.05, 4.69) is 51.1 Å². The summed E-state index contributed by atoms with van der Waals surface area (Å²) in [6.07, 6.45) is 0. The normalized spacial score (nSPS) is 11.8. The van der Waals surface area contributed by atoms with Gasteiger partial charge in [-0.05, 0) is 33.9 Å². The molecule has 84 valence electrons. The van der Waals surface area contributed by atoms with Crippen LogP contribution >= 0.6 is 0 Å². The van der Waals surface area contributed by atoms with Crippen LogP contribution in [0.15, 0.2) is 36.4 Å². The molecule has 0 saturated carbocycles. The van der Waals surface area contributed by atoms with Gasteiger partial charge in [0.05, 0.1) is 7.11 Å². The fourth-order valence-corrected chi connectivity index (χ4v) is 1.82. The second-order valence-corrected chi connectivity index (χ2v) is 5.18. The van der Waals surface area contributed by atoms with E-state index >= 15 is 0 Å². The maximum Gasteiger partial charge on any atom is 0.119 e. The smallest absolute Gasteiger partial charge is 0.119 e. The fraction of sp³-hybridized carbons (Fsp3) is 0.333. The van der Waals surface area contributed by atoms with Gasteiger partial charge in [0.2, 0.25) is 0 Å². The number of benzene rings is 2. The molecule has 0 unspecified atom stereocenters. The number of rotatable bonds is 1. The summed E-state index contributed by atoms with van der Waals surface area (Å²) in [5, 5.41) is 2.50. The van der Waals surface area contributed by atoms with Crippen LogP contribution in [0.2, 0.25) is 0 Å². The van der Waals surface area contributed by atoms with Crippen molar-refractivity contribution in [3.05, 3.63) is 42.0 Å². The number of fused-ring (bicyclic) bond motifs is 1. The summed E-state index contributed by atoms with van der Waals surface area (Å²) in [4.78, 5) is 0. The molecule has 2 rings (SSSR count). The Balaban J connectivity index is 2.59. The molecule has 0 saturated heterocycles. The molecular formula is C15H18O. The molecule has 0 amide bonds. The lowest BCUT2D eigenvalue weighted by Crippen LogP contribution is -2.10. The molecule has 0 aliphatic rings. The zero-order valence-corrected chi connectivity index (χ0v) is 10.4. The first kappa shape index (κ1) is 11.0. The molecule has 1 heteroatoms. The van der Waals surface area contributed by atoms with Crippen molar-refractivity contribution in [1.29, 1.82) is 0 Å². The monoisotopic (exact) mass is 214 g/mol. The molecule has 0 aliphatic heterocycles. The highest BCUT2D eigenvalue weighted by atomic mass is 16.5. The summed E-state index contributed by atoms with van der Waals surface area (Å²) in [6.45, 7) is 6.69. The van der Waals surface area contributed by atoms with Crippen LogP contribution in [0.25, 0.3) is 10.8 Å². The third-order valence-corrected chi connectivity index (χ3v) is 2.91. The minimum Gasteiger partial charge on any atom is -0.497 e. The van der Waals surface area contributed by atoms with Crippen LogP contribution in [0.4, 0.5) is 0 Å². The van der Waals surface area contributed by atoms with Gasteiger partial charge in [-0.1, -0.05) is 45.0 Å². The largest absolute Gasteiger partial charge is 0.497 e. The molecule has 0 heterocycles. The second-order valence-electron chi connectivity index (χ2n) is 5.18. The van der Waals surface area contributed by atoms with E-state index in [1.54, 1.807) is 7.11 Å². The Bertz CT molecular complexity index is 506. The average molecular weight is 214 g/mol. The van der Waals surface area contributed by atoms with Gasteiger partial charge in [0.25, 0.3) is 0 Å². The fourth-order valence-electron chi connectivity index (χ4n) is 1.82. The number of hydrogen-bond acceptors (Lipinski definition) is 1. The predicted octanol–water partition coefficient (Wildman–Crippen LogP) is 4.15. The summed E-state index contributed by atoms with van der Waals surface area (Å²) < 4.78 is 5.25. The van der Waals surface area contributed by atoms with Crippen molar-refractivity contribution < 1.29 is 4.74 Å². The SMILES string of the molecule is COc1ccc2ccc(C(C)(C)C)cc2c1. The van der Waals surface area contributed by atoms with Gasteiger partial charge in [-0.2, -0.15) is 0 Å². The lowest BCUT2D eigenvalue weighted by molar-refractivity contribution is 0.415. The Morgan fingerprint density at radius 1 is 0.875 bits per heavy atom. The Labute approximate surface area is 97.1 Å². The number of ether oxygens (including phenoxy) is 1. The third kappa shape index (κ3) is 2.04. The molecule has 0 bridgehead atoms. The first-order valence-corrected chi connectivity index (χ1v) is 5.59. The summed E-state index contributed by atoms with van der Waals surface area (Å²) in [5.74, 6) is 0.915. The lowest BCUT2D eigenvalue weighted by atomic mass is 9.86. The molecule has 0 atom stereocenters. The van der Waals surface area contributed by atoms with Crippen LogP contribution < -0.4 is 4.74 Å². The van der Waals surface area contributed by atoms with Crippen molar-refractivity contribution in [2.75, 3.05) is 7.11 Å². The maximum atomic E-state index is 5.25. The van der Waals surface area contributed by atoms with Crippen molar-refractivity contribution in [2.24, 2.45) is 0 Å². The number of hydrogen-bond donors (Lipinski definition) is 0. The third-order valence-electron chi connectivity index (χ3n) is 2.91. The molecule has 1 nitrogen and oxygen atoms in total. The molecule has 16 heavy (non-hydrogen) atoms. The van der Waals surface area contributed by atoms with Gasteiger partial charge in [-0.15, -0.1) is 0 Å². The van der Waals surface area contributed by atoms with Gasteiger partial charge in [0.1, 0.15) is 5.75 Å². The lowest BCUT2D eigenvalue weighted by Gasteiger charge is -2.19. The molecule has 2 aromatic carbocycles. The van der Waals surface area contributed by atoms with E-state index < -0.39 is 0 Å². The van der Waals surface area contributed by atoms with E-state index in [-0.39, 0.29) is 5.41 Å². The van der Waals surface area contributed by atoms with Gasteiger partial charge in [-0.25, -0.2) is 0 Å². The highest BCUT2D eigenvalue weighted by molar-refractivity contribution is 5.84. The van der Waals surface area contributed by atoms with Crippen LogP contribution in [0.1, 0.15) is 26.3 Å². The van der Waals surface area contributed by atoms with Crippen LogP contribution in [-0.2, 0) is 5.41 Å². The first-order valence-electron chi connectivity index (χ1n) is 5.59. The summed E-state index contributed by atoms with van der Waals surface area (Å²) >= 11 is 0. The second kappa shape index (κ2) is 3.82. The quantitative estimate of drug-likeness (QED) is 0.693. The van der Waals surface area contributed by atoms with Crippen molar-refractivity contribution in [3.63, 3.8) is 0 Å². The summed E-state index contributed by atoms with van der Waals surface area (Å²) in [7, 11) is 1.70. The number of methoxy groups -OCH3 is 1. The van der Waals surface area contributed by atoms with E-state index in [1.807, 2.05) is 6.07 Å². The van der Waals surface area contributed by atoms with E-state index in [1.165, 1.54) is 16.3 Å². The maximum absolute atomic E-state index is 5.25. The van der Waals surface area contributed by atoms with E-state index in [0.717, 1.165) is 5.75 Å². The van der Waals surface area contributed by atoms with Crippen molar-refractivity contribution in [3.8, 4) is 5.75 Å². The molecule has 0 aromatic heterocycles. The molecule has 0 spiro atoms. The minimum absolute atomic E-state index is 0.192. The van der Waals surface area contributed by atoms with E-state index in [9.17, 15) is 0 Å². The van der Waals surface area contributed by atoms with Crippen LogP contribution in [-0.4, -0.2) is 7.11 Å². The summed E-state index contributed by atoms with van der Waals surface area (Å²) in [6, 6.07) is 12.8. The summed E-state index contributed by atoms with van der Waals surface area (Å²) in [5.41, 5.74) is 1.55. The Hall–Kier alpha value is -1.50.